The van der Waals surface area contributed by atoms with Gasteiger partial charge in [-0.05, 0) is 233 Å². The minimum atomic E-state index is -2.96. The van der Waals surface area contributed by atoms with Crippen molar-refractivity contribution in [3.8, 4) is 0 Å². The SMILES string of the molecule is C=C(C)N1CCc2ccc(NC(=O)c3cccc4c3CCN(Cc3ccnc5ccccc35)C4)cc21.CC.CC(F)(F)c1ccc(NC(=O)c2cccc3c2CCN(Cc2ccnc4ccccc24)C3)cc1.CC(F)(F)c1cccc(NC(=O)c2cccc3c2CCN(Cc2ccnc4ccccc24)C3)c1.O=C(Nc1ccccc1F)Nc1cccc2c1CCN(Cc1ccnc3ccccc13)C2. The maximum absolute atomic E-state index is 13.8. The number of nitrogens with zero attached hydrogens (tertiary/aromatic N) is 9. The first-order valence-corrected chi connectivity index (χ1v) is 46.9. The molecule has 698 valence electrons. The third-order valence-electron chi connectivity index (χ3n) is 26.0. The van der Waals surface area contributed by atoms with Crippen molar-refractivity contribution in [1.29, 1.82) is 0 Å². The molecule has 23 heteroatoms. The highest BCUT2D eigenvalue weighted by atomic mass is 19.3. The second-order valence-corrected chi connectivity index (χ2v) is 35.4. The van der Waals surface area contributed by atoms with Crippen LogP contribution in [0.4, 0.5) is 60.9 Å². The molecule has 0 radical (unpaired) electrons. The van der Waals surface area contributed by atoms with Gasteiger partial charge in [0.2, 0.25) is 0 Å². The lowest BCUT2D eigenvalue weighted by Gasteiger charge is -2.30. The lowest BCUT2D eigenvalue weighted by Crippen LogP contribution is -2.31. The molecule has 0 saturated heterocycles. The van der Waals surface area contributed by atoms with Gasteiger partial charge in [-0.2, -0.15) is 0 Å². The first-order chi connectivity index (χ1) is 67.0. The number of pyridine rings is 4. The molecule has 0 aliphatic carbocycles. The number of alkyl halides is 4. The minimum Gasteiger partial charge on any atom is -0.345 e. The molecule has 9 heterocycles. The van der Waals surface area contributed by atoms with Gasteiger partial charge in [0, 0.05) is 207 Å². The summed E-state index contributed by atoms with van der Waals surface area (Å²) in [5.41, 5.74) is 26.0. The molecule has 5 aliphatic rings. The molecule has 16 aromatic rings. The van der Waals surface area contributed by atoms with E-state index in [1.807, 2.05) is 155 Å². The van der Waals surface area contributed by atoms with Gasteiger partial charge in [0.15, 0.2) is 0 Å². The zero-order chi connectivity index (χ0) is 96.0. The van der Waals surface area contributed by atoms with Crippen LogP contribution < -0.4 is 31.5 Å². The number of carbonyl (C=O) groups is 4. The number of benzene rings is 12. The molecule has 18 nitrogen and oxygen atoms in total. The molecule has 5 amide bonds. The monoisotopic (exact) mass is 1840 g/mol. The van der Waals surface area contributed by atoms with Crippen LogP contribution in [0, 0.1) is 5.82 Å². The lowest BCUT2D eigenvalue weighted by atomic mass is 9.93. The van der Waals surface area contributed by atoms with E-state index < -0.39 is 23.7 Å². The maximum Gasteiger partial charge on any atom is 0.323 e. The van der Waals surface area contributed by atoms with E-state index in [1.54, 1.807) is 24.3 Å². The van der Waals surface area contributed by atoms with Crippen LogP contribution in [-0.2, 0) is 96.3 Å². The van der Waals surface area contributed by atoms with Crippen LogP contribution in [0.15, 0.2) is 322 Å². The number of anilines is 6. The van der Waals surface area contributed by atoms with E-state index in [0.29, 0.717) is 22.5 Å². The number of hydrogen-bond donors (Lipinski definition) is 5. The van der Waals surface area contributed by atoms with E-state index in [1.165, 1.54) is 104 Å². The highest BCUT2D eigenvalue weighted by Gasteiger charge is 2.31. The fourth-order valence-corrected chi connectivity index (χ4v) is 19.1. The van der Waals surface area contributed by atoms with E-state index in [0.717, 1.165) is 226 Å². The smallest absolute Gasteiger partial charge is 0.323 e. The highest BCUT2D eigenvalue weighted by molar-refractivity contribution is 6.08. The molecule has 0 bridgehead atoms. The van der Waals surface area contributed by atoms with Crippen molar-refractivity contribution in [1.82, 2.24) is 39.5 Å². The van der Waals surface area contributed by atoms with Gasteiger partial charge in [0.1, 0.15) is 5.82 Å². The summed E-state index contributed by atoms with van der Waals surface area (Å²) in [7, 11) is 0. The Labute approximate surface area is 800 Å². The summed E-state index contributed by atoms with van der Waals surface area (Å²) >= 11 is 0. The van der Waals surface area contributed by atoms with Crippen LogP contribution in [0.1, 0.15) is 149 Å². The lowest BCUT2D eigenvalue weighted by molar-refractivity contribution is 0.0168. The van der Waals surface area contributed by atoms with Crippen molar-refractivity contribution in [3.63, 3.8) is 0 Å². The number of aromatic nitrogens is 4. The fourth-order valence-electron chi connectivity index (χ4n) is 19.1. The molecular weight excluding hydrogens is 1740 g/mol. The molecule has 21 rings (SSSR count). The summed E-state index contributed by atoms with van der Waals surface area (Å²) in [6, 6.07) is 88.2. The van der Waals surface area contributed by atoms with Crippen LogP contribution in [0.3, 0.4) is 0 Å². The number of para-hydroxylation sites is 5. The highest BCUT2D eigenvalue weighted by Crippen LogP contribution is 2.38. The first-order valence-electron chi connectivity index (χ1n) is 46.9. The van der Waals surface area contributed by atoms with Gasteiger partial charge in [-0.1, -0.05) is 184 Å². The van der Waals surface area contributed by atoms with Crippen LogP contribution in [0.2, 0.25) is 0 Å². The number of hydrogen-bond acceptors (Lipinski definition) is 13. The minimum absolute atomic E-state index is 0.0414. The number of halogens is 5. The summed E-state index contributed by atoms with van der Waals surface area (Å²) in [4.78, 5) is 81.6. The fraction of sp³-hybridized carbons (Fsp3) is 0.217. The largest absolute Gasteiger partial charge is 0.345 e. The standard InChI is InChI=1S/C31H30N4O.2C28H25F2N3O.C26H23FN4O.C2H6/c1-21(2)35-17-13-22-10-11-25(18-30(22)35)33-31(36)28-8-5-6-23-19-34(16-14-26(23)28)20-24-12-15-32-29-9-4-3-7-27(24)29;1-28(29,30)21-7-5-8-22(16-21)32-27(34)25-10-4-6-19-17-33(15-13-23(19)25)18-20-12-14-31-26-11-3-2-9-24(20)26;1-28(29,30)21-9-11-22(12-10-21)32-27(34)25-7-4-5-19-17-33(16-14-23(19)25)18-20-13-15-31-26-8-3-2-6-24(20)26;27-22-8-2-4-10-25(22)30-26(32)29-24-11-5-6-18-16-31(15-13-21(18)24)17-19-12-14-28-23-9-3-1-7-20(19)23;1-2/h3-12,15,18H,1,13-14,16-17,19-20H2,2H3,(H,33,36);2-12,14,16H,13,15,17-18H2,1H3,(H,32,34);2-13,15H,14,16-18H2,1H3,(H,32,34);1-12,14H,13,15-17H2,(H2,29,30,32);1-2H3. The topological polar surface area (TPSA) is 196 Å². The zero-order valence-electron chi connectivity index (χ0n) is 77.9. The van der Waals surface area contributed by atoms with Gasteiger partial charge >= 0.3 is 6.03 Å². The van der Waals surface area contributed by atoms with E-state index in [4.69, 9.17) is 0 Å². The summed E-state index contributed by atoms with van der Waals surface area (Å²) < 4.78 is 68.1. The average molecular weight is 1850 g/mol. The Morgan fingerprint density at radius 2 is 0.688 bits per heavy atom. The predicted octanol–water partition coefficient (Wildman–Crippen LogP) is 24.9. The number of nitrogens with one attached hydrogen (secondary N) is 5. The summed E-state index contributed by atoms with van der Waals surface area (Å²) in [5, 5.41) is 19.0. The first kappa shape index (κ1) is 94.7. The van der Waals surface area contributed by atoms with Crippen molar-refractivity contribution in [2.45, 2.75) is 131 Å². The molecular formula is C115H109F5N14O4. The van der Waals surface area contributed by atoms with E-state index >= 15 is 0 Å². The summed E-state index contributed by atoms with van der Waals surface area (Å²) in [6.45, 7) is 22.7. The van der Waals surface area contributed by atoms with E-state index in [9.17, 15) is 41.1 Å². The van der Waals surface area contributed by atoms with Crippen LogP contribution in [0.25, 0.3) is 43.6 Å². The zero-order valence-corrected chi connectivity index (χ0v) is 77.9. The molecule has 5 N–H and O–H groups in total. The van der Waals surface area contributed by atoms with Crippen molar-refractivity contribution in [3.05, 3.63) is 428 Å². The Morgan fingerprint density at radius 1 is 0.341 bits per heavy atom. The second kappa shape index (κ2) is 42.9. The van der Waals surface area contributed by atoms with Gasteiger partial charge in [0.25, 0.3) is 29.6 Å². The predicted molar refractivity (Wildman–Crippen MR) is 543 cm³/mol. The summed E-state index contributed by atoms with van der Waals surface area (Å²) in [5.74, 6) is -6.87. The maximum atomic E-state index is 13.8. The molecule has 12 aromatic carbocycles. The normalized spacial score (nSPS) is 14.0. The molecule has 0 fully saturated rings. The van der Waals surface area contributed by atoms with Crippen LogP contribution in [0.5, 0.6) is 0 Å². The molecule has 0 atom stereocenters. The van der Waals surface area contributed by atoms with Gasteiger partial charge in [-0.15, -0.1) is 0 Å². The Morgan fingerprint density at radius 3 is 1.10 bits per heavy atom. The number of urea groups is 1. The van der Waals surface area contributed by atoms with E-state index in [2.05, 4.69) is 175 Å². The molecule has 0 saturated carbocycles. The third-order valence-corrected chi connectivity index (χ3v) is 26.0. The number of rotatable bonds is 19. The van der Waals surface area contributed by atoms with Gasteiger partial charge in [0.05, 0.1) is 27.8 Å². The van der Waals surface area contributed by atoms with Crippen molar-refractivity contribution < 1.29 is 41.1 Å². The Hall–Kier alpha value is -15.0. The van der Waals surface area contributed by atoms with Gasteiger partial charge < -0.3 is 31.5 Å². The number of fused-ring (bicyclic) bond motifs is 9. The van der Waals surface area contributed by atoms with Crippen LogP contribution >= 0.6 is 0 Å². The number of amides is 5. The van der Waals surface area contributed by atoms with Crippen molar-refractivity contribution in [2.75, 3.05) is 64.2 Å². The summed E-state index contributed by atoms with van der Waals surface area (Å²) in [6.07, 6.45) is 11.7. The van der Waals surface area contributed by atoms with Crippen molar-refractivity contribution in [2.24, 2.45) is 0 Å². The quantitative estimate of drug-likeness (QED) is 0.0480. The molecule has 4 aromatic heterocycles. The second-order valence-electron chi connectivity index (χ2n) is 35.4. The van der Waals surface area contributed by atoms with Gasteiger partial charge in [-0.25, -0.2) is 26.7 Å². The van der Waals surface area contributed by atoms with Gasteiger partial charge in [-0.3, -0.25) is 53.9 Å². The molecule has 138 heavy (non-hydrogen) atoms. The molecule has 0 unspecified atom stereocenters. The van der Waals surface area contributed by atoms with Crippen LogP contribution in [-0.4, -0.2) is 96.0 Å². The average Bonchev–Trinajstić information content (AvgIpc) is 1.46. The number of carbonyl (C=O) groups excluding carboxylic acids is 4. The third kappa shape index (κ3) is 22.5. The Balaban J connectivity index is 0.000000127. The van der Waals surface area contributed by atoms with E-state index in [-0.39, 0.29) is 34.5 Å². The Bertz CT molecular complexity index is 7170. The number of allylic oxidation sites excluding steroid dienone is 1. The molecule has 0 spiro atoms. The molecule has 5 aliphatic heterocycles. The Kier molecular flexibility index (Phi) is 29.5. The van der Waals surface area contributed by atoms with Crippen molar-refractivity contribution >= 4 is 101 Å².